The first-order valence-corrected chi connectivity index (χ1v) is 4.96. The van der Waals surface area contributed by atoms with Crippen LogP contribution in [0, 0.1) is 5.92 Å². The van der Waals surface area contributed by atoms with E-state index in [1.807, 2.05) is 0 Å². The van der Waals surface area contributed by atoms with Crippen molar-refractivity contribution >= 4 is 8.41 Å². The molecule has 1 nitrogen and oxygen atoms in total. The summed E-state index contributed by atoms with van der Waals surface area (Å²) in [7, 11) is 0. The normalized spacial score (nSPS) is 22.0. The van der Waals surface area contributed by atoms with E-state index in [1.54, 1.807) is 0 Å². The zero-order valence-corrected chi connectivity index (χ0v) is 8.14. The van der Waals surface area contributed by atoms with Gasteiger partial charge in [-0.15, -0.1) is 0 Å². The Morgan fingerprint density at radius 3 is 1.83 bits per heavy atom. The third-order valence-corrected chi connectivity index (χ3v) is 2.93. The van der Waals surface area contributed by atoms with Crippen LogP contribution in [0.25, 0.3) is 0 Å². The van der Waals surface area contributed by atoms with Crippen molar-refractivity contribution in [1.82, 2.24) is 4.90 Å². The quantitative estimate of drug-likeness (QED) is 0.564. The summed E-state index contributed by atoms with van der Waals surface area (Å²) < 4.78 is 0. The molecule has 0 aliphatic carbocycles. The first-order chi connectivity index (χ1) is 5.22. The minimum Gasteiger partial charge on any atom is -0.300 e. The van der Waals surface area contributed by atoms with Crippen LogP contribution in [0.1, 0.15) is 40.0 Å². The molecule has 0 spiro atoms. The SMILES string of the molecule is B.CC(C)C(C)N1CCCCC1. The van der Waals surface area contributed by atoms with Gasteiger partial charge < -0.3 is 4.90 Å². The molecule has 12 heavy (non-hydrogen) atoms. The Kier molecular flexibility index (Phi) is 5.64. The van der Waals surface area contributed by atoms with E-state index in [-0.39, 0.29) is 8.41 Å². The Balaban J connectivity index is 0.00000121. The second-order valence-corrected chi connectivity index (χ2v) is 4.08. The van der Waals surface area contributed by atoms with E-state index in [0.29, 0.717) is 0 Å². The molecule has 0 bridgehead atoms. The Morgan fingerprint density at radius 2 is 1.42 bits per heavy atom. The summed E-state index contributed by atoms with van der Waals surface area (Å²) in [5, 5.41) is 0. The lowest BCUT2D eigenvalue weighted by atomic mass is 10.0. The molecular formula is C10H24BN. The molecule has 1 aliphatic rings. The van der Waals surface area contributed by atoms with Gasteiger partial charge in [0.05, 0.1) is 8.41 Å². The molecule has 1 atom stereocenters. The highest BCUT2D eigenvalue weighted by Gasteiger charge is 2.18. The van der Waals surface area contributed by atoms with Gasteiger partial charge in [0.2, 0.25) is 0 Å². The number of hydrogen-bond acceptors (Lipinski definition) is 1. The fraction of sp³-hybridized carbons (Fsp3) is 1.00. The molecule has 1 heterocycles. The minimum atomic E-state index is 0. The highest BCUT2D eigenvalue weighted by atomic mass is 15.2. The lowest BCUT2D eigenvalue weighted by Gasteiger charge is -2.34. The second-order valence-electron chi connectivity index (χ2n) is 4.08. The molecule has 1 rings (SSSR count). The largest absolute Gasteiger partial charge is 0.300 e. The molecule has 1 saturated heterocycles. The van der Waals surface area contributed by atoms with Crippen LogP contribution in [0.15, 0.2) is 0 Å². The topological polar surface area (TPSA) is 3.24 Å². The zero-order chi connectivity index (χ0) is 8.27. The summed E-state index contributed by atoms with van der Waals surface area (Å²) in [5.74, 6) is 0.813. The van der Waals surface area contributed by atoms with E-state index < -0.39 is 0 Å². The van der Waals surface area contributed by atoms with E-state index in [2.05, 4.69) is 25.7 Å². The van der Waals surface area contributed by atoms with Gasteiger partial charge in [0.15, 0.2) is 0 Å². The monoisotopic (exact) mass is 169 g/mol. The average Bonchev–Trinajstić information content (AvgIpc) is 2.05. The Labute approximate surface area is 79.1 Å². The predicted octanol–water partition coefficient (Wildman–Crippen LogP) is 1.33. The molecule has 1 unspecified atom stereocenters. The van der Waals surface area contributed by atoms with Gasteiger partial charge in [-0.2, -0.15) is 0 Å². The first kappa shape index (κ1) is 12.0. The third-order valence-electron chi connectivity index (χ3n) is 2.93. The highest BCUT2D eigenvalue weighted by molar-refractivity contribution is 5.75. The van der Waals surface area contributed by atoms with Crippen LogP contribution >= 0.6 is 0 Å². The molecule has 0 saturated carbocycles. The van der Waals surface area contributed by atoms with Gasteiger partial charge in [-0.25, -0.2) is 0 Å². The van der Waals surface area contributed by atoms with Crippen LogP contribution in [-0.2, 0) is 0 Å². The number of rotatable bonds is 2. The smallest absolute Gasteiger partial charge is 0.0814 e. The molecule has 0 aromatic rings. The molecule has 2 heteroatoms. The molecule has 72 valence electrons. The van der Waals surface area contributed by atoms with Crippen molar-refractivity contribution in [1.29, 1.82) is 0 Å². The molecule has 0 aromatic carbocycles. The number of nitrogens with zero attached hydrogens (tertiary/aromatic N) is 1. The van der Waals surface area contributed by atoms with E-state index in [9.17, 15) is 0 Å². The van der Waals surface area contributed by atoms with Crippen molar-refractivity contribution in [2.75, 3.05) is 13.1 Å². The molecule has 1 aliphatic heterocycles. The van der Waals surface area contributed by atoms with Gasteiger partial charge in [-0.1, -0.05) is 20.3 Å². The summed E-state index contributed by atoms with van der Waals surface area (Å²) in [6.45, 7) is 9.66. The van der Waals surface area contributed by atoms with E-state index in [0.717, 1.165) is 12.0 Å². The van der Waals surface area contributed by atoms with Crippen molar-refractivity contribution in [2.45, 2.75) is 46.1 Å². The van der Waals surface area contributed by atoms with Gasteiger partial charge in [0.1, 0.15) is 0 Å². The number of piperidine rings is 1. The zero-order valence-electron chi connectivity index (χ0n) is 8.14. The van der Waals surface area contributed by atoms with Crippen LogP contribution in [0.3, 0.4) is 0 Å². The van der Waals surface area contributed by atoms with Crippen molar-refractivity contribution < 1.29 is 0 Å². The summed E-state index contributed by atoms with van der Waals surface area (Å²) in [6.07, 6.45) is 4.27. The van der Waals surface area contributed by atoms with Gasteiger partial charge in [-0.05, 0) is 38.8 Å². The van der Waals surface area contributed by atoms with Gasteiger partial charge in [0.25, 0.3) is 0 Å². The lowest BCUT2D eigenvalue weighted by Crippen LogP contribution is -2.40. The number of likely N-dealkylation sites (tertiary alicyclic amines) is 1. The fourth-order valence-corrected chi connectivity index (χ4v) is 1.75. The second kappa shape index (κ2) is 5.63. The Bertz CT molecular complexity index is 108. The van der Waals surface area contributed by atoms with Crippen LogP contribution in [-0.4, -0.2) is 32.4 Å². The molecule has 0 aromatic heterocycles. The van der Waals surface area contributed by atoms with Gasteiger partial charge in [0, 0.05) is 6.04 Å². The maximum Gasteiger partial charge on any atom is 0.0814 e. The average molecular weight is 169 g/mol. The van der Waals surface area contributed by atoms with Gasteiger partial charge >= 0.3 is 0 Å². The van der Waals surface area contributed by atoms with Crippen LogP contribution < -0.4 is 0 Å². The molecule has 1 fully saturated rings. The van der Waals surface area contributed by atoms with Crippen LogP contribution in [0.2, 0.25) is 0 Å². The molecule has 0 radical (unpaired) electrons. The predicted molar refractivity (Wildman–Crippen MR) is 59.7 cm³/mol. The molecular weight excluding hydrogens is 145 g/mol. The summed E-state index contributed by atoms with van der Waals surface area (Å²) >= 11 is 0. The van der Waals surface area contributed by atoms with E-state index in [1.165, 1.54) is 32.4 Å². The molecule has 0 N–H and O–H groups in total. The fourth-order valence-electron chi connectivity index (χ4n) is 1.75. The summed E-state index contributed by atoms with van der Waals surface area (Å²) in [5.41, 5.74) is 0. The number of hydrogen-bond donors (Lipinski definition) is 0. The minimum absolute atomic E-state index is 0. The maximum atomic E-state index is 2.63. The van der Waals surface area contributed by atoms with Crippen LogP contribution in [0.4, 0.5) is 0 Å². The third kappa shape index (κ3) is 3.18. The van der Waals surface area contributed by atoms with Crippen molar-refractivity contribution in [2.24, 2.45) is 5.92 Å². The van der Waals surface area contributed by atoms with Gasteiger partial charge in [-0.3, -0.25) is 0 Å². The molecule has 0 amide bonds. The highest BCUT2D eigenvalue weighted by Crippen LogP contribution is 2.16. The summed E-state index contributed by atoms with van der Waals surface area (Å²) in [4.78, 5) is 2.63. The van der Waals surface area contributed by atoms with Crippen molar-refractivity contribution in [3.8, 4) is 0 Å². The Hall–Kier alpha value is 0.0249. The van der Waals surface area contributed by atoms with E-state index in [4.69, 9.17) is 0 Å². The summed E-state index contributed by atoms with van der Waals surface area (Å²) in [6, 6.07) is 0.787. The van der Waals surface area contributed by atoms with Crippen molar-refractivity contribution in [3.05, 3.63) is 0 Å². The van der Waals surface area contributed by atoms with Crippen LogP contribution in [0.5, 0.6) is 0 Å². The first-order valence-electron chi connectivity index (χ1n) is 4.96. The Morgan fingerprint density at radius 1 is 0.917 bits per heavy atom. The van der Waals surface area contributed by atoms with Crippen molar-refractivity contribution in [3.63, 3.8) is 0 Å². The standard InChI is InChI=1S/C10H21N.BH3/c1-9(2)10(3)11-7-5-4-6-8-11;/h9-10H,4-8H2,1-3H3;1H3. The van der Waals surface area contributed by atoms with E-state index >= 15 is 0 Å². The lowest BCUT2D eigenvalue weighted by molar-refractivity contribution is 0.140. The maximum absolute atomic E-state index is 2.63.